The van der Waals surface area contributed by atoms with Crippen molar-refractivity contribution >= 4 is 16.7 Å². The van der Waals surface area contributed by atoms with Gasteiger partial charge in [-0.15, -0.1) is 0 Å². The fourth-order valence-corrected chi connectivity index (χ4v) is 2.31. The van der Waals surface area contributed by atoms with Crippen LogP contribution in [0.25, 0.3) is 0 Å². The molecule has 0 amide bonds. The molecule has 0 aliphatic heterocycles. The molecule has 80 valence electrons. The molecule has 0 N–H and O–H groups in total. The van der Waals surface area contributed by atoms with Gasteiger partial charge in [-0.05, 0) is 25.7 Å². The van der Waals surface area contributed by atoms with Crippen LogP contribution in [0.4, 0.5) is 0 Å². The van der Waals surface area contributed by atoms with E-state index < -0.39 is 16.7 Å². The molecule has 5 heteroatoms. The molecule has 1 aliphatic carbocycles. The van der Waals surface area contributed by atoms with Crippen molar-refractivity contribution in [1.82, 2.24) is 0 Å². The molecule has 0 bridgehead atoms. The fourth-order valence-electron chi connectivity index (χ4n) is 1.59. The van der Waals surface area contributed by atoms with Crippen molar-refractivity contribution in [2.75, 3.05) is 0 Å². The van der Waals surface area contributed by atoms with Gasteiger partial charge in [0.1, 0.15) is 16.8 Å². The van der Waals surface area contributed by atoms with Gasteiger partial charge in [0.2, 0.25) is 0 Å². The van der Waals surface area contributed by atoms with Gasteiger partial charge in [0.15, 0.2) is 0 Å². The first-order valence-corrected chi connectivity index (χ1v) is 5.84. The van der Waals surface area contributed by atoms with Gasteiger partial charge < -0.3 is 4.74 Å². The highest BCUT2D eigenvalue weighted by Crippen LogP contribution is 2.23. The predicted molar refractivity (Wildman–Crippen MR) is 52.6 cm³/mol. The zero-order valence-electron chi connectivity index (χ0n) is 7.85. The van der Waals surface area contributed by atoms with Gasteiger partial charge in [0, 0.05) is 6.08 Å². The van der Waals surface area contributed by atoms with Crippen LogP contribution < -0.4 is 0 Å². The first kappa shape index (κ1) is 11.2. The largest absolute Gasteiger partial charge is 0.459 e. The van der Waals surface area contributed by atoms with Crippen LogP contribution in [0.1, 0.15) is 25.7 Å². The van der Waals surface area contributed by atoms with E-state index in [-0.39, 0.29) is 11.4 Å². The maximum atomic E-state index is 10.8. The number of carbonyl (C=O) groups excluding carboxylic acids is 1. The Kier molecular flexibility index (Phi) is 4.13. The first-order valence-electron chi connectivity index (χ1n) is 4.60. The normalized spacial score (nSPS) is 27.2. The Morgan fingerprint density at radius 2 is 1.86 bits per heavy atom. The molecule has 1 aliphatic rings. The van der Waals surface area contributed by atoms with Crippen molar-refractivity contribution in [3.8, 4) is 0 Å². The average molecular weight is 218 g/mol. The highest BCUT2D eigenvalue weighted by molar-refractivity contribution is 7.73. The lowest BCUT2D eigenvalue weighted by atomic mass is 9.97. The molecular weight excluding hydrogens is 204 g/mol. The number of thiol groups is 1. The molecular formula is C9H14O4S. The maximum Gasteiger partial charge on any atom is 0.330 e. The summed E-state index contributed by atoms with van der Waals surface area (Å²) in [5, 5.41) is -0.233. The van der Waals surface area contributed by atoms with Crippen LogP contribution in [0.5, 0.6) is 0 Å². The molecule has 14 heavy (non-hydrogen) atoms. The molecule has 0 aromatic carbocycles. The van der Waals surface area contributed by atoms with Gasteiger partial charge in [0.25, 0.3) is 0 Å². The Bertz CT molecular complexity index is 279. The quantitative estimate of drug-likeness (QED) is 0.429. The lowest BCUT2D eigenvalue weighted by Gasteiger charge is -2.24. The van der Waals surface area contributed by atoms with Crippen LogP contribution in [0.15, 0.2) is 12.7 Å². The predicted octanol–water partition coefficient (Wildman–Crippen LogP) is 0.638. The van der Waals surface area contributed by atoms with E-state index in [4.69, 9.17) is 4.74 Å². The van der Waals surface area contributed by atoms with Crippen LogP contribution in [-0.4, -0.2) is 25.7 Å². The lowest BCUT2D eigenvalue weighted by molar-refractivity contribution is -0.144. The summed E-state index contributed by atoms with van der Waals surface area (Å²) in [5.41, 5.74) is 0. The Balaban J connectivity index is 2.35. The van der Waals surface area contributed by atoms with Gasteiger partial charge in [-0.3, -0.25) is 0 Å². The Hall–Kier alpha value is -0.840. The molecule has 0 radical (unpaired) electrons. The molecule has 0 unspecified atom stereocenters. The van der Waals surface area contributed by atoms with E-state index in [1.165, 1.54) is 0 Å². The number of hydrogen-bond donors (Lipinski definition) is 1. The van der Waals surface area contributed by atoms with E-state index in [2.05, 4.69) is 6.58 Å². The van der Waals surface area contributed by atoms with E-state index >= 15 is 0 Å². The van der Waals surface area contributed by atoms with E-state index in [1.807, 2.05) is 0 Å². The van der Waals surface area contributed by atoms with Gasteiger partial charge in [-0.1, -0.05) is 6.58 Å². The number of esters is 1. The van der Waals surface area contributed by atoms with Crippen molar-refractivity contribution in [3.63, 3.8) is 0 Å². The number of rotatable bonds is 3. The summed E-state index contributed by atoms with van der Waals surface area (Å²) in [5.74, 6) is -0.431. The molecule has 0 saturated heterocycles. The minimum Gasteiger partial charge on any atom is -0.459 e. The molecule has 0 atom stereocenters. The zero-order chi connectivity index (χ0) is 10.6. The third-order valence-electron chi connectivity index (χ3n) is 2.39. The van der Waals surface area contributed by atoms with Gasteiger partial charge >= 0.3 is 5.97 Å². The van der Waals surface area contributed by atoms with Crippen molar-refractivity contribution in [2.45, 2.75) is 37.0 Å². The van der Waals surface area contributed by atoms with Crippen molar-refractivity contribution in [3.05, 3.63) is 12.7 Å². The van der Waals surface area contributed by atoms with Crippen molar-refractivity contribution in [2.24, 2.45) is 0 Å². The summed E-state index contributed by atoms with van der Waals surface area (Å²) in [6, 6.07) is 0. The number of hydrogen-bond acceptors (Lipinski definition) is 4. The summed E-state index contributed by atoms with van der Waals surface area (Å²) in [6.07, 6.45) is 3.44. The molecule has 0 aromatic rings. The second kappa shape index (κ2) is 5.14. The van der Waals surface area contributed by atoms with E-state index in [0.717, 1.165) is 6.08 Å². The molecule has 0 aromatic heterocycles. The minimum atomic E-state index is -2.32. The highest BCUT2D eigenvalue weighted by Gasteiger charge is 2.24. The van der Waals surface area contributed by atoms with Crippen LogP contribution in [0, 0.1) is 0 Å². The van der Waals surface area contributed by atoms with Crippen LogP contribution in [0.3, 0.4) is 0 Å². The summed E-state index contributed by atoms with van der Waals surface area (Å²) < 4.78 is 26.3. The lowest BCUT2D eigenvalue weighted by Crippen LogP contribution is -2.26. The SMILES string of the molecule is C=CC(=O)OC1CCC([SH](=O)=O)CC1. The third-order valence-corrected chi connectivity index (χ3v) is 3.50. The molecule has 4 nitrogen and oxygen atoms in total. The van der Waals surface area contributed by atoms with E-state index in [9.17, 15) is 13.2 Å². The zero-order valence-corrected chi connectivity index (χ0v) is 8.74. The van der Waals surface area contributed by atoms with Crippen molar-refractivity contribution < 1.29 is 17.9 Å². The van der Waals surface area contributed by atoms with Gasteiger partial charge in [-0.25, -0.2) is 13.2 Å². The molecule has 0 spiro atoms. The van der Waals surface area contributed by atoms with Crippen LogP contribution in [0.2, 0.25) is 0 Å². The number of ether oxygens (including phenoxy) is 1. The topological polar surface area (TPSA) is 60.4 Å². The van der Waals surface area contributed by atoms with E-state index in [1.54, 1.807) is 0 Å². The van der Waals surface area contributed by atoms with E-state index in [0.29, 0.717) is 25.7 Å². The standard InChI is InChI=1S/C9H14O4S/c1-2-9(10)13-7-3-5-8(6-4-7)14(11)12/h2,7-8,14H,1,3-6H2. The summed E-state index contributed by atoms with van der Waals surface area (Å²) >= 11 is 0. The molecule has 1 rings (SSSR count). The minimum absolute atomic E-state index is 0.133. The van der Waals surface area contributed by atoms with Crippen molar-refractivity contribution in [1.29, 1.82) is 0 Å². The average Bonchev–Trinajstić information content (AvgIpc) is 2.18. The van der Waals surface area contributed by atoms with Crippen LogP contribution >= 0.6 is 0 Å². The van der Waals surface area contributed by atoms with Gasteiger partial charge in [-0.2, -0.15) is 0 Å². The molecule has 1 saturated carbocycles. The third kappa shape index (κ3) is 3.14. The summed E-state index contributed by atoms with van der Waals surface area (Å²) in [4.78, 5) is 10.8. The second-order valence-corrected chi connectivity index (χ2v) is 4.66. The monoisotopic (exact) mass is 218 g/mol. The maximum absolute atomic E-state index is 10.8. The Morgan fingerprint density at radius 1 is 1.29 bits per heavy atom. The highest BCUT2D eigenvalue weighted by atomic mass is 32.2. The van der Waals surface area contributed by atoms with Crippen LogP contribution in [-0.2, 0) is 20.2 Å². The molecule has 1 fully saturated rings. The summed E-state index contributed by atoms with van der Waals surface area (Å²) in [7, 11) is -2.32. The smallest absolute Gasteiger partial charge is 0.330 e. The fraction of sp³-hybridized carbons (Fsp3) is 0.667. The Morgan fingerprint density at radius 3 is 2.29 bits per heavy atom. The second-order valence-electron chi connectivity index (χ2n) is 3.36. The Labute approximate surface area is 84.9 Å². The summed E-state index contributed by atoms with van der Waals surface area (Å²) in [6.45, 7) is 3.30. The number of carbonyl (C=O) groups is 1. The molecule has 0 heterocycles. The van der Waals surface area contributed by atoms with Gasteiger partial charge in [0.05, 0.1) is 5.25 Å². The first-order chi connectivity index (χ1) is 6.63.